The number of benzene rings is 3. The third kappa shape index (κ3) is 4.16. The number of ketones is 1. The molecule has 0 aliphatic heterocycles. The van der Waals surface area contributed by atoms with E-state index in [0.717, 1.165) is 12.1 Å². The molecule has 1 atom stereocenters. The Balaban J connectivity index is 1.92. The summed E-state index contributed by atoms with van der Waals surface area (Å²) in [5, 5.41) is 0.504. The van der Waals surface area contributed by atoms with Gasteiger partial charge >= 0.3 is 5.97 Å². The molecule has 0 amide bonds. The van der Waals surface area contributed by atoms with Crippen LogP contribution in [0.4, 0.5) is 4.39 Å². The number of rotatable bonds is 5. The molecule has 3 rings (SSSR count). The van der Waals surface area contributed by atoms with E-state index in [1.165, 1.54) is 12.1 Å². The lowest BCUT2D eigenvalue weighted by Gasteiger charge is -2.17. The van der Waals surface area contributed by atoms with Crippen molar-refractivity contribution in [3.63, 3.8) is 0 Å². The Hall–Kier alpha value is -2.98. The predicted octanol–water partition coefficient (Wildman–Crippen LogP) is 5.26. The van der Waals surface area contributed by atoms with Gasteiger partial charge in [0, 0.05) is 16.1 Å². The molecule has 0 saturated heterocycles. The Labute approximate surface area is 155 Å². The first-order valence-corrected chi connectivity index (χ1v) is 8.23. The Morgan fingerprint density at radius 2 is 1.42 bits per heavy atom. The van der Waals surface area contributed by atoms with Crippen LogP contribution >= 0.6 is 11.6 Å². The molecule has 3 aromatic rings. The Kier molecular flexibility index (Phi) is 5.44. The van der Waals surface area contributed by atoms with Gasteiger partial charge in [0.05, 0.1) is 5.56 Å². The van der Waals surface area contributed by atoms with Crippen LogP contribution in [-0.2, 0) is 4.74 Å². The molecule has 0 aliphatic rings. The van der Waals surface area contributed by atoms with E-state index in [0.29, 0.717) is 16.1 Å². The van der Waals surface area contributed by atoms with Gasteiger partial charge in [-0.25, -0.2) is 9.18 Å². The van der Waals surface area contributed by atoms with Crippen LogP contribution in [0.5, 0.6) is 0 Å². The fraction of sp³-hybridized carbons (Fsp3) is 0.0476. The Morgan fingerprint density at radius 1 is 0.808 bits per heavy atom. The molecule has 5 heteroatoms. The maximum atomic E-state index is 13.0. The largest absolute Gasteiger partial charge is 0.445 e. The second-order valence-electron chi connectivity index (χ2n) is 5.57. The van der Waals surface area contributed by atoms with Gasteiger partial charge in [-0.2, -0.15) is 0 Å². The number of hydrogen-bond donors (Lipinski definition) is 0. The Morgan fingerprint density at radius 3 is 2.04 bits per heavy atom. The van der Waals surface area contributed by atoms with E-state index in [4.69, 9.17) is 16.3 Å². The quantitative estimate of drug-likeness (QED) is 0.455. The zero-order valence-corrected chi connectivity index (χ0v) is 14.3. The monoisotopic (exact) mass is 368 g/mol. The molecular weight excluding hydrogens is 355 g/mol. The fourth-order valence-electron chi connectivity index (χ4n) is 2.43. The van der Waals surface area contributed by atoms with Crippen molar-refractivity contribution in [2.24, 2.45) is 0 Å². The van der Waals surface area contributed by atoms with E-state index in [1.54, 1.807) is 54.6 Å². The van der Waals surface area contributed by atoms with Crippen LogP contribution in [0.25, 0.3) is 0 Å². The van der Waals surface area contributed by atoms with Crippen molar-refractivity contribution in [3.8, 4) is 0 Å². The summed E-state index contributed by atoms with van der Waals surface area (Å²) in [5.74, 6) is -1.53. The van der Waals surface area contributed by atoms with E-state index in [2.05, 4.69) is 0 Å². The molecule has 0 aliphatic carbocycles. The Bertz CT molecular complexity index is 906. The lowest BCUT2D eigenvalue weighted by Crippen LogP contribution is -2.20. The summed E-state index contributed by atoms with van der Waals surface area (Å²) in [7, 11) is 0. The number of esters is 1. The van der Waals surface area contributed by atoms with Gasteiger partial charge < -0.3 is 4.74 Å². The van der Waals surface area contributed by atoms with Gasteiger partial charge in [-0.15, -0.1) is 0 Å². The predicted molar refractivity (Wildman–Crippen MR) is 96.8 cm³/mol. The van der Waals surface area contributed by atoms with Gasteiger partial charge in [0.25, 0.3) is 0 Å². The molecule has 0 aromatic heterocycles. The highest BCUT2D eigenvalue weighted by molar-refractivity contribution is 6.30. The number of carbonyl (C=O) groups excluding carboxylic acids is 2. The van der Waals surface area contributed by atoms with Crippen molar-refractivity contribution in [2.75, 3.05) is 0 Å². The van der Waals surface area contributed by atoms with Gasteiger partial charge in [-0.1, -0.05) is 54.1 Å². The van der Waals surface area contributed by atoms with Gasteiger partial charge in [0.2, 0.25) is 5.78 Å². The van der Waals surface area contributed by atoms with Crippen molar-refractivity contribution < 1.29 is 18.7 Å². The van der Waals surface area contributed by atoms with Crippen LogP contribution < -0.4 is 0 Å². The average Bonchev–Trinajstić information content (AvgIpc) is 2.67. The summed E-state index contributed by atoms with van der Waals surface area (Å²) in [5.41, 5.74) is 1.07. The van der Waals surface area contributed by atoms with Crippen LogP contribution in [0.15, 0.2) is 78.9 Å². The minimum absolute atomic E-state index is 0.159. The zero-order valence-electron chi connectivity index (χ0n) is 13.6. The van der Waals surface area contributed by atoms with E-state index in [9.17, 15) is 14.0 Å². The lowest BCUT2D eigenvalue weighted by atomic mass is 9.99. The third-order valence-corrected chi connectivity index (χ3v) is 4.03. The van der Waals surface area contributed by atoms with Crippen molar-refractivity contribution in [3.05, 3.63) is 106 Å². The minimum Gasteiger partial charge on any atom is -0.445 e. The van der Waals surface area contributed by atoms with Crippen molar-refractivity contribution >= 4 is 23.4 Å². The number of Topliss-reactive ketones (excluding diaryl/α,β-unsaturated/α-hetero) is 1. The first kappa shape index (κ1) is 17.8. The van der Waals surface area contributed by atoms with E-state index >= 15 is 0 Å². The third-order valence-electron chi connectivity index (χ3n) is 3.77. The van der Waals surface area contributed by atoms with E-state index < -0.39 is 17.9 Å². The summed E-state index contributed by atoms with van der Waals surface area (Å²) in [4.78, 5) is 25.3. The first-order valence-electron chi connectivity index (χ1n) is 7.86. The molecule has 0 saturated carbocycles. The van der Waals surface area contributed by atoms with Gasteiger partial charge in [0.1, 0.15) is 5.82 Å². The molecule has 3 aromatic carbocycles. The summed E-state index contributed by atoms with van der Waals surface area (Å²) < 4.78 is 18.5. The maximum absolute atomic E-state index is 13.0. The second kappa shape index (κ2) is 7.93. The molecular formula is C21H14ClFO3. The standard InChI is InChI=1S/C21H14ClFO3/c22-17-10-6-15(7-11-17)20(19(24)14-4-2-1-3-5-14)26-21(25)16-8-12-18(23)13-9-16/h1-13,20H/t20-/m1/s1. The highest BCUT2D eigenvalue weighted by atomic mass is 35.5. The number of halogens is 2. The summed E-state index contributed by atoms with van der Waals surface area (Å²) in [6.45, 7) is 0. The van der Waals surface area contributed by atoms with Gasteiger partial charge in [0.15, 0.2) is 6.10 Å². The SMILES string of the molecule is O=C(O[C@@H](C(=O)c1ccccc1)c1ccc(Cl)cc1)c1ccc(F)cc1. The van der Waals surface area contributed by atoms with E-state index in [-0.39, 0.29) is 11.3 Å². The van der Waals surface area contributed by atoms with Crippen molar-refractivity contribution in [2.45, 2.75) is 6.10 Å². The molecule has 130 valence electrons. The fourth-order valence-corrected chi connectivity index (χ4v) is 2.55. The molecule has 0 radical (unpaired) electrons. The average molecular weight is 369 g/mol. The second-order valence-corrected chi connectivity index (χ2v) is 6.01. The zero-order chi connectivity index (χ0) is 18.5. The smallest absolute Gasteiger partial charge is 0.339 e. The lowest BCUT2D eigenvalue weighted by molar-refractivity contribution is 0.0280. The molecule has 0 spiro atoms. The van der Waals surface area contributed by atoms with Gasteiger partial charge in [-0.05, 0) is 36.4 Å². The maximum Gasteiger partial charge on any atom is 0.339 e. The molecule has 0 N–H and O–H groups in total. The van der Waals surface area contributed by atoms with Crippen molar-refractivity contribution in [1.29, 1.82) is 0 Å². The van der Waals surface area contributed by atoms with Crippen LogP contribution in [-0.4, -0.2) is 11.8 Å². The summed E-state index contributed by atoms with van der Waals surface area (Å²) in [6.07, 6.45) is -1.13. The number of ether oxygens (including phenoxy) is 1. The summed E-state index contributed by atoms with van der Waals surface area (Å²) in [6, 6.07) is 20.0. The highest BCUT2D eigenvalue weighted by Crippen LogP contribution is 2.25. The molecule has 0 fully saturated rings. The van der Waals surface area contributed by atoms with Crippen LogP contribution in [0.3, 0.4) is 0 Å². The number of carbonyl (C=O) groups is 2. The van der Waals surface area contributed by atoms with Gasteiger partial charge in [-0.3, -0.25) is 4.79 Å². The van der Waals surface area contributed by atoms with Crippen molar-refractivity contribution in [1.82, 2.24) is 0 Å². The van der Waals surface area contributed by atoms with Crippen LogP contribution in [0.1, 0.15) is 32.4 Å². The molecule has 3 nitrogen and oxygen atoms in total. The first-order chi connectivity index (χ1) is 12.5. The topological polar surface area (TPSA) is 43.4 Å². The number of hydrogen-bond acceptors (Lipinski definition) is 3. The molecule has 0 heterocycles. The summed E-state index contributed by atoms with van der Waals surface area (Å²) >= 11 is 5.90. The molecule has 0 unspecified atom stereocenters. The van der Waals surface area contributed by atoms with E-state index in [1.807, 2.05) is 0 Å². The van der Waals surface area contributed by atoms with Crippen LogP contribution in [0.2, 0.25) is 5.02 Å². The molecule has 0 bridgehead atoms. The highest BCUT2D eigenvalue weighted by Gasteiger charge is 2.26. The van der Waals surface area contributed by atoms with Crippen LogP contribution in [0, 0.1) is 5.82 Å². The molecule has 26 heavy (non-hydrogen) atoms. The normalized spacial score (nSPS) is 11.6. The minimum atomic E-state index is -1.13.